The van der Waals surface area contributed by atoms with Crippen LogP contribution in [0.2, 0.25) is 0 Å². The summed E-state index contributed by atoms with van der Waals surface area (Å²) in [6.07, 6.45) is 2.81. The number of benzene rings is 4. The molecule has 0 aliphatic rings. The van der Waals surface area contributed by atoms with Crippen molar-refractivity contribution in [2.75, 3.05) is 13.7 Å². The summed E-state index contributed by atoms with van der Waals surface area (Å²) in [7, 11) is 1.71. The highest BCUT2D eigenvalue weighted by molar-refractivity contribution is 5.84. The van der Waals surface area contributed by atoms with E-state index in [9.17, 15) is 13.2 Å². The van der Waals surface area contributed by atoms with Crippen molar-refractivity contribution < 1.29 is 17.9 Å². The maximum absolute atomic E-state index is 13.9. The second kappa shape index (κ2) is 10.4. The molecular formula is C29H23F3O. The van der Waals surface area contributed by atoms with Crippen LogP contribution in [0.15, 0.2) is 72.8 Å². The number of halogens is 3. The maximum Gasteiger partial charge on any atom is 0.195 e. The normalized spacial score (nSPS) is 10.8. The molecule has 166 valence electrons. The first-order chi connectivity index (χ1) is 16.0. The van der Waals surface area contributed by atoms with Gasteiger partial charge in [0.25, 0.3) is 0 Å². The molecule has 0 unspecified atom stereocenters. The van der Waals surface area contributed by atoms with Gasteiger partial charge in [0.15, 0.2) is 17.5 Å². The molecule has 0 aliphatic carbocycles. The molecule has 0 spiro atoms. The number of methoxy groups -OCH3 is 1. The van der Waals surface area contributed by atoms with Gasteiger partial charge in [-0.15, -0.1) is 0 Å². The van der Waals surface area contributed by atoms with Crippen molar-refractivity contribution >= 4 is 10.8 Å². The Hall–Kier alpha value is -3.55. The molecule has 4 rings (SSSR count). The summed E-state index contributed by atoms with van der Waals surface area (Å²) in [5.74, 6) is 2.23. The minimum Gasteiger partial charge on any atom is -0.384 e. The molecule has 0 radical (unpaired) electrons. The third-order valence-corrected chi connectivity index (χ3v) is 5.60. The Morgan fingerprint density at radius 1 is 0.636 bits per heavy atom. The van der Waals surface area contributed by atoms with Crippen LogP contribution >= 0.6 is 0 Å². The summed E-state index contributed by atoms with van der Waals surface area (Å²) < 4.78 is 45.9. The zero-order valence-corrected chi connectivity index (χ0v) is 18.3. The largest absolute Gasteiger partial charge is 0.384 e. The lowest BCUT2D eigenvalue weighted by Crippen LogP contribution is -1.96. The van der Waals surface area contributed by atoms with Gasteiger partial charge < -0.3 is 4.74 Å². The molecule has 0 saturated carbocycles. The van der Waals surface area contributed by atoms with E-state index in [2.05, 4.69) is 48.2 Å². The van der Waals surface area contributed by atoms with Crippen LogP contribution in [-0.4, -0.2) is 13.7 Å². The molecule has 0 N–H and O–H groups in total. The third kappa shape index (κ3) is 5.63. The number of fused-ring (bicyclic) bond motifs is 1. The molecule has 4 aromatic rings. The van der Waals surface area contributed by atoms with E-state index in [-0.39, 0.29) is 10.8 Å². The first kappa shape index (κ1) is 22.6. The zero-order valence-electron chi connectivity index (χ0n) is 18.3. The summed E-state index contributed by atoms with van der Waals surface area (Å²) in [5.41, 5.74) is 5.24. The van der Waals surface area contributed by atoms with Crippen molar-refractivity contribution in [3.63, 3.8) is 0 Å². The van der Waals surface area contributed by atoms with Gasteiger partial charge >= 0.3 is 0 Å². The Morgan fingerprint density at radius 3 is 1.82 bits per heavy atom. The maximum atomic E-state index is 13.9. The fourth-order valence-corrected chi connectivity index (χ4v) is 3.66. The highest BCUT2D eigenvalue weighted by atomic mass is 19.2. The van der Waals surface area contributed by atoms with Crippen LogP contribution in [0.3, 0.4) is 0 Å². The molecule has 4 heteroatoms. The van der Waals surface area contributed by atoms with Gasteiger partial charge in [0, 0.05) is 23.6 Å². The molecule has 33 heavy (non-hydrogen) atoms. The van der Waals surface area contributed by atoms with Gasteiger partial charge in [-0.3, -0.25) is 0 Å². The highest BCUT2D eigenvalue weighted by Gasteiger charge is 2.13. The van der Waals surface area contributed by atoms with Crippen molar-refractivity contribution in [2.24, 2.45) is 0 Å². The predicted molar refractivity (Wildman–Crippen MR) is 126 cm³/mol. The number of aryl methyl sites for hydroxylation is 2. The Balaban J connectivity index is 1.40. The van der Waals surface area contributed by atoms with E-state index >= 15 is 0 Å². The van der Waals surface area contributed by atoms with Crippen molar-refractivity contribution in [1.29, 1.82) is 0 Å². The van der Waals surface area contributed by atoms with Crippen LogP contribution in [0, 0.1) is 29.3 Å². The topological polar surface area (TPSA) is 9.23 Å². The molecule has 0 aromatic heterocycles. The molecule has 0 bridgehead atoms. The first-order valence-corrected chi connectivity index (χ1v) is 10.8. The first-order valence-electron chi connectivity index (χ1n) is 10.8. The summed E-state index contributed by atoms with van der Waals surface area (Å²) in [6, 6.07) is 22.3. The molecule has 1 nitrogen and oxygen atoms in total. The van der Waals surface area contributed by atoms with Gasteiger partial charge in [-0.1, -0.05) is 54.3 Å². The van der Waals surface area contributed by atoms with E-state index in [0.717, 1.165) is 37.5 Å². The Morgan fingerprint density at radius 2 is 1.18 bits per heavy atom. The molecule has 0 saturated heterocycles. The predicted octanol–water partition coefficient (Wildman–Crippen LogP) is 6.63. The summed E-state index contributed by atoms with van der Waals surface area (Å²) in [6.45, 7) is 0.729. The molecule has 4 aromatic carbocycles. The summed E-state index contributed by atoms with van der Waals surface area (Å²) in [4.78, 5) is 0. The number of ether oxygens (including phenoxy) is 1. The average Bonchev–Trinajstić information content (AvgIpc) is 2.84. The Bertz CT molecular complexity index is 1310. The lowest BCUT2D eigenvalue weighted by Gasteiger charge is -2.05. The van der Waals surface area contributed by atoms with Crippen LogP contribution in [0.5, 0.6) is 0 Å². The molecule has 0 heterocycles. The lowest BCUT2D eigenvalue weighted by atomic mass is 10.0. The molecule has 0 amide bonds. The van der Waals surface area contributed by atoms with Crippen molar-refractivity contribution in [1.82, 2.24) is 0 Å². The van der Waals surface area contributed by atoms with Crippen molar-refractivity contribution in [2.45, 2.75) is 19.3 Å². The van der Waals surface area contributed by atoms with Gasteiger partial charge in [-0.25, -0.2) is 13.2 Å². The molecule has 0 aliphatic heterocycles. The van der Waals surface area contributed by atoms with Crippen LogP contribution in [0.1, 0.15) is 27.8 Å². The van der Waals surface area contributed by atoms with E-state index in [0.29, 0.717) is 5.56 Å². The summed E-state index contributed by atoms with van der Waals surface area (Å²) in [5, 5.41) is 0.314. The van der Waals surface area contributed by atoms with E-state index in [1.165, 1.54) is 22.8 Å². The second-order valence-electron chi connectivity index (χ2n) is 7.93. The quantitative estimate of drug-likeness (QED) is 0.240. The molecule has 0 atom stereocenters. The van der Waals surface area contributed by atoms with Crippen LogP contribution in [0.4, 0.5) is 13.2 Å². The second-order valence-corrected chi connectivity index (χ2v) is 7.93. The lowest BCUT2D eigenvalue weighted by molar-refractivity contribution is 0.202. The minimum atomic E-state index is -1.46. The van der Waals surface area contributed by atoms with E-state index in [1.54, 1.807) is 19.2 Å². The van der Waals surface area contributed by atoms with Crippen LogP contribution < -0.4 is 0 Å². The summed E-state index contributed by atoms with van der Waals surface area (Å²) >= 11 is 0. The fourth-order valence-electron chi connectivity index (χ4n) is 3.66. The standard InChI is InChI=1S/C29H23F3O/c1-33-17-16-23-10-8-21(9-11-23)3-2-20-4-6-22(7-5-20)12-13-24-14-15-26-25(18-24)19-27(30)29(32)28(26)31/h4-11,14-15,18-19H,2-3,16-17H2,1H3. The van der Waals surface area contributed by atoms with Crippen LogP contribution in [0.25, 0.3) is 10.8 Å². The monoisotopic (exact) mass is 444 g/mol. The number of hydrogen-bond acceptors (Lipinski definition) is 1. The average molecular weight is 444 g/mol. The van der Waals surface area contributed by atoms with Crippen LogP contribution in [-0.2, 0) is 24.0 Å². The SMILES string of the molecule is COCCc1ccc(CCc2ccc(C#Cc3ccc4c(F)c(F)c(F)cc4c3)cc2)cc1. The Kier molecular flexibility index (Phi) is 7.12. The van der Waals surface area contributed by atoms with Crippen molar-refractivity contribution in [3.05, 3.63) is 118 Å². The third-order valence-electron chi connectivity index (χ3n) is 5.60. The Labute approximate surface area is 191 Å². The van der Waals surface area contributed by atoms with E-state index in [4.69, 9.17) is 4.74 Å². The highest BCUT2D eigenvalue weighted by Crippen LogP contribution is 2.24. The van der Waals surface area contributed by atoms with Gasteiger partial charge in [-0.05, 0) is 71.7 Å². The molecule has 0 fully saturated rings. The number of rotatable bonds is 6. The molecular weight excluding hydrogens is 421 g/mol. The van der Waals surface area contributed by atoms with Gasteiger partial charge in [0.05, 0.1) is 6.61 Å². The van der Waals surface area contributed by atoms with E-state index < -0.39 is 17.5 Å². The van der Waals surface area contributed by atoms with Gasteiger partial charge in [-0.2, -0.15) is 0 Å². The van der Waals surface area contributed by atoms with Gasteiger partial charge in [0.2, 0.25) is 0 Å². The van der Waals surface area contributed by atoms with E-state index in [1.807, 2.05) is 12.1 Å². The smallest absolute Gasteiger partial charge is 0.195 e. The fraction of sp³-hybridized carbons (Fsp3) is 0.172. The minimum absolute atomic E-state index is 0.0356. The van der Waals surface area contributed by atoms with Gasteiger partial charge in [0.1, 0.15) is 0 Å². The number of hydrogen-bond donors (Lipinski definition) is 0. The zero-order chi connectivity index (χ0) is 23.2. The van der Waals surface area contributed by atoms with Crippen molar-refractivity contribution in [3.8, 4) is 11.8 Å².